The standard InChI is InChI=1S/C22H25Cl2NO/c1-2-21(18-8-7-15-5-3-4-6-17(15)13-18)25-22(26)12-10-16-9-11-19(23)14-20(16)24/h7-9,11,13-14,21H,2-6,10,12H2,1H3,(H,25,26)/t21-/m1/s1. The molecule has 0 spiro atoms. The van der Waals surface area contributed by atoms with E-state index in [-0.39, 0.29) is 11.9 Å². The summed E-state index contributed by atoms with van der Waals surface area (Å²) >= 11 is 12.1. The number of nitrogens with one attached hydrogen (secondary N) is 1. The molecular weight excluding hydrogens is 365 g/mol. The molecule has 0 saturated heterocycles. The van der Waals surface area contributed by atoms with Crippen molar-refractivity contribution in [1.29, 1.82) is 0 Å². The maximum Gasteiger partial charge on any atom is 0.220 e. The first kappa shape index (κ1) is 19.3. The van der Waals surface area contributed by atoms with Crippen LogP contribution in [0.15, 0.2) is 36.4 Å². The lowest BCUT2D eigenvalue weighted by Gasteiger charge is -2.22. The molecule has 1 N–H and O–H groups in total. The van der Waals surface area contributed by atoms with Gasteiger partial charge in [-0.15, -0.1) is 0 Å². The summed E-state index contributed by atoms with van der Waals surface area (Å²) in [7, 11) is 0. The van der Waals surface area contributed by atoms with Gasteiger partial charge in [-0.1, -0.05) is 54.4 Å². The second kappa shape index (κ2) is 8.92. The molecule has 0 unspecified atom stereocenters. The number of aryl methyl sites for hydroxylation is 3. The second-order valence-corrected chi connectivity index (χ2v) is 7.84. The minimum atomic E-state index is 0.0561. The van der Waals surface area contributed by atoms with E-state index in [1.807, 2.05) is 12.1 Å². The monoisotopic (exact) mass is 389 g/mol. The Bertz CT molecular complexity index is 788. The molecule has 1 aliphatic rings. The number of carbonyl (C=O) groups is 1. The van der Waals surface area contributed by atoms with Gasteiger partial charge in [-0.05, 0) is 72.9 Å². The molecule has 3 rings (SSSR count). The first-order chi connectivity index (χ1) is 12.6. The minimum Gasteiger partial charge on any atom is -0.349 e. The Morgan fingerprint density at radius 1 is 1.08 bits per heavy atom. The van der Waals surface area contributed by atoms with Crippen LogP contribution in [0.5, 0.6) is 0 Å². The van der Waals surface area contributed by atoms with E-state index in [0.29, 0.717) is 22.9 Å². The number of hydrogen-bond donors (Lipinski definition) is 1. The molecule has 0 aliphatic heterocycles. The normalized spacial score (nSPS) is 14.6. The fourth-order valence-electron chi connectivity index (χ4n) is 3.63. The number of hydrogen-bond acceptors (Lipinski definition) is 1. The predicted molar refractivity (Wildman–Crippen MR) is 109 cm³/mol. The SMILES string of the molecule is CC[C@@H](NC(=O)CCc1ccc(Cl)cc1Cl)c1ccc2c(c1)CCCC2. The zero-order valence-electron chi connectivity index (χ0n) is 15.2. The summed E-state index contributed by atoms with van der Waals surface area (Å²) in [5, 5.41) is 4.41. The van der Waals surface area contributed by atoms with Crippen molar-refractivity contribution < 1.29 is 4.79 Å². The van der Waals surface area contributed by atoms with Gasteiger partial charge in [0.1, 0.15) is 0 Å². The summed E-state index contributed by atoms with van der Waals surface area (Å²) in [6.07, 6.45) is 6.80. The maximum atomic E-state index is 12.4. The van der Waals surface area contributed by atoms with E-state index in [4.69, 9.17) is 23.2 Å². The average Bonchev–Trinajstić information content (AvgIpc) is 2.65. The molecule has 0 heterocycles. The van der Waals surface area contributed by atoms with Crippen LogP contribution >= 0.6 is 23.2 Å². The molecule has 2 aromatic carbocycles. The third kappa shape index (κ3) is 4.81. The predicted octanol–water partition coefficient (Wildman–Crippen LogP) is 6.07. The van der Waals surface area contributed by atoms with Crippen LogP contribution < -0.4 is 5.32 Å². The van der Waals surface area contributed by atoms with Crippen LogP contribution in [0.3, 0.4) is 0 Å². The smallest absolute Gasteiger partial charge is 0.220 e. The molecule has 0 radical (unpaired) electrons. The summed E-state index contributed by atoms with van der Waals surface area (Å²) in [5.74, 6) is 0.0561. The summed E-state index contributed by atoms with van der Waals surface area (Å²) in [6, 6.07) is 12.2. The Balaban J connectivity index is 1.61. The molecule has 2 nitrogen and oxygen atoms in total. The summed E-state index contributed by atoms with van der Waals surface area (Å²) < 4.78 is 0. The van der Waals surface area contributed by atoms with Crippen molar-refractivity contribution in [2.24, 2.45) is 0 Å². The molecule has 1 amide bonds. The topological polar surface area (TPSA) is 29.1 Å². The Kier molecular flexibility index (Phi) is 6.61. The van der Waals surface area contributed by atoms with Crippen LogP contribution in [0.1, 0.15) is 60.9 Å². The summed E-state index contributed by atoms with van der Waals surface area (Å²) in [5.41, 5.74) is 5.09. The second-order valence-electron chi connectivity index (χ2n) is 7.00. The van der Waals surface area contributed by atoms with Gasteiger partial charge in [0.25, 0.3) is 0 Å². The van der Waals surface area contributed by atoms with Gasteiger partial charge < -0.3 is 5.32 Å². The molecule has 0 bridgehead atoms. The van der Waals surface area contributed by atoms with Gasteiger partial charge in [-0.3, -0.25) is 4.79 Å². The van der Waals surface area contributed by atoms with Gasteiger partial charge in [0, 0.05) is 16.5 Å². The van der Waals surface area contributed by atoms with Crippen molar-refractivity contribution in [2.75, 3.05) is 0 Å². The molecular formula is C22H25Cl2NO. The highest BCUT2D eigenvalue weighted by Crippen LogP contribution is 2.26. The highest BCUT2D eigenvalue weighted by molar-refractivity contribution is 6.35. The molecule has 0 aromatic heterocycles. The van der Waals surface area contributed by atoms with Crippen LogP contribution in [0.25, 0.3) is 0 Å². The number of amides is 1. The molecule has 4 heteroatoms. The van der Waals surface area contributed by atoms with Crippen molar-refractivity contribution in [3.8, 4) is 0 Å². The number of fused-ring (bicyclic) bond motifs is 1. The van der Waals surface area contributed by atoms with Gasteiger partial charge in [0.05, 0.1) is 6.04 Å². The van der Waals surface area contributed by atoms with Crippen molar-refractivity contribution >= 4 is 29.1 Å². The van der Waals surface area contributed by atoms with Crippen LogP contribution in [-0.2, 0) is 24.1 Å². The fraction of sp³-hybridized carbons (Fsp3) is 0.409. The van der Waals surface area contributed by atoms with E-state index in [9.17, 15) is 4.79 Å². The van der Waals surface area contributed by atoms with Crippen molar-refractivity contribution in [3.63, 3.8) is 0 Å². The molecule has 2 aromatic rings. The molecule has 0 fully saturated rings. The number of benzene rings is 2. The van der Waals surface area contributed by atoms with Gasteiger partial charge in [-0.25, -0.2) is 0 Å². The van der Waals surface area contributed by atoms with Crippen LogP contribution in [-0.4, -0.2) is 5.91 Å². The van der Waals surface area contributed by atoms with Gasteiger partial charge in [-0.2, -0.15) is 0 Å². The van der Waals surface area contributed by atoms with E-state index >= 15 is 0 Å². The number of halogens is 2. The zero-order chi connectivity index (χ0) is 18.5. The van der Waals surface area contributed by atoms with E-state index < -0.39 is 0 Å². The number of rotatable bonds is 6. The van der Waals surface area contributed by atoms with Gasteiger partial charge >= 0.3 is 0 Å². The number of carbonyl (C=O) groups excluding carboxylic acids is 1. The van der Waals surface area contributed by atoms with Crippen molar-refractivity contribution in [3.05, 3.63) is 68.7 Å². The Morgan fingerprint density at radius 3 is 2.58 bits per heavy atom. The molecule has 26 heavy (non-hydrogen) atoms. The third-order valence-electron chi connectivity index (χ3n) is 5.15. The Morgan fingerprint density at radius 2 is 1.85 bits per heavy atom. The van der Waals surface area contributed by atoms with Crippen molar-refractivity contribution in [1.82, 2.24) is 5.32 Å². The third-order valence-corrected chi connectivity index (χ3v) is 5.74. The average molecular weight is 390 g/mol. The molecule has 0 saturated carbocycles. The van der Waals surface area contributed by atoms with Gasteiger partial charge in [0.2, 0.25) is 5.91 Å². The lowest BCUT2D eigenvalue weighted by Crippen LogP contribution is -2.28. The quantitative estimate of drug-likeness (QED) is 0.637. The zero-order valence-corrected chi connectivity index (χ0v) is 16.7. The Hall–Kier alpha value is -1.51. The van der Waals surface area contributed by atoms with Crippen LogP contribution in [0.4, 0.5) is 0 Å². The first-order valence-corrected chi connectivity index (χ1v) is 10.2. The molecule has 1 atom stereocenters. The minimum absolute atomic E-state index is 0.0561. The summed E-state index contributed by atoms with van der Waals surface area (Å²) in [4.78, 5) is 12.4. The summed E-state index contributed by atoms with van der Waals surface area (Å²) in [6.45, 7) is 2.11. The Labute approximate surface area is 165 Å². The van der Waals surface area contributed by atoms with E-state index in [1.165, 1.54) is 36.0 Å². The lowest BCUT2D eigenvalue weighted by molar-refractivity contribution is -0.121. The largest absolute Gasteiger partial charge is 0.349 e. The molecule has 138 valence electrons. The van der Waals surface area contributed by atoms with E-state index in [1.54, 1.807) is 6.07 Å². The maximum absolute atomic E-state index is 12.4. The highest BCUT2D eigenvalue weighted by Gasteiger charge is 2.16. The first-order valence-electron chi connectivity index (χ1n) is 9.42. The van der Waals surface area contributed by atoms with E-state index in [2.05, 4.69) is 30.4 Å². The van der Waals surface area contributed by atoms with E-state index in [0.717, 1.165) is 18.4 Å². The van der Waals surface area contributed by atoms with Gasteiger partial charge in [0.15, 0.2) is 0 Å². The van der Waals surface area contributed by atoms with Crippen LogP contribution in [0.2, 0.25) is 10.0 Å². The lowest BCUT2D eigenvalue weighted by atomic mass is 9.89. The highest BCUT2D eigenvalue weighted by atomic mass is 35.5. The molecule has 1 aliphatic carbocycles. The van der Waals surface area contributed by atoms with Crippen molar-refractivity contribution in [2.45, 2.75) is 57.9 Å². The van der Waals surface area contributed by atoms with Crippen LogP contribution in [0, 0.1) is 0 Å². The fourth-order valence-corrected chi connectivity index (χ4v) is 4.13.